The van der Waals surface area contributed by atoms with Crippen LogP contribution in [-0.2, 0) is 23.7 Å². The van der Waals surface area contributed by atoms with Crippen molar-refractivity contribution in [2.45, 2.75) is 109 Å². The lowest BCUT2D eigenvalue weighted by Gasteiger charge is -2.29. The van der Waals surface area contributed by atoms with Gasteiger partial charge in [0.1, 0.15) is 5.82 Å². The number of benzene rings is 2. The van der Waals surface area contributed by atoms with Gasteiger partial charge in [0.05, 0.1) is 12.2 Å². The van der Waals surface area contributed by atoms with Crippen molar-refractivity contribution in [1.82, 2.24) is 0 Å². The first-order valence-electron chi connectivity index (χ1n) is 13.8. The van der Waals surface area contributed by atoms with E-state index in [1.54, 1.807) is 6.07 Å². The first kappa shape index (κ1) is 27.8. The molecule has 194 valence electrons. The van der Waals surface area contributed by atoms with Crippen LogP contribution in [0.5, 0.6) is 0 Å². The number of hydrogen-bond acceptors (Lipinski definition) is 1. The van der Waals surface area contributed by atoms with Gasteiger partial charge < -0.3 is 4.74 Å². The molecule has 2 aromatic rings. The molecule has 1 nitrogen and oxygen atoms in total. The highest BCUT2D eigenvalue weighted by Crippen LogP contribution is 2.39. The van der Waals surface area contributed by atoms with Gasteiger partial charge in [0.2, 0.25) is 0 Å². The largest absolute Gasteiger partial charge is 0.383 e. The van der Waals surface area contributed by atoms with Crippen molar-refractivity contribution in [3.8, 4) is 0 Å². The van der Waals surface area contributed by atoms with Gasteiger partial charge in [0.25, 0.3) is 0 Å². The smallest absolute Gasteiger partial charge is 0.316 e. The molecule has 1 saturated carbocycles. The summed E-state index contributed by atoms with van der Waals surface area (Å²) in [6, 6.07) is 11.8. The Morgan fingerprint density at radius 2 is 1.51 bits per heavy atom. The van der Waals surface area contributed by atoms with Crippen molar-refractivity contribution in [3.63, 3.8) is 0 Å². The third kappa shape index (κ3) is 8.66. The van der Waals surface area contributed by atoms with Gasteiger partial charge in [-0.2, -0.15) is 8.78 Å². The van der Waals surface area contributed by atoms with Crippen LogP contribution in [0, 0.1) is 11.7 Å². The lowest BCUT2D eigenvalue weighted by Crippen LogP contribution is -2.20. The van der Waals surface area contributed by atoms with Crippen LogP contribution in [-0.4, -0.2) is 6.61 Å². The molecule has 3 rings (SSSR count). The topological polar surface area (TPSA) is 9.23 Å². The van der Waals surface area contributed by atoms with Gasteiger partial charge in [-0.15, -0.1) is 0 Å². The zero-order chi connectivity index (χ0) is 25.1. The minimum atomic E-state index is -3.38. The summed E-state index contributed by atoms with van der Waals surface area (Å²) < 4.78 is 48.6. The van der Waals surface area contributed by atoms with Gasteiger partial charge in [0, 0.05) is 0 Å². The van der Waals surface area contributed by atoms with Crippen LogP contribution in [0.3, 0.4) is 0 Å². The van der Waals surface area contributed by atoms with Crippen LogP contribution in [0.25, 0.3) is 0 Å². The molecule has 1 aliphatic rings. The van der Waals surface area contributed by atoms with E-state index in [1.807, 2.05) is 18.2 Å². The summed E-state index contributed by atoms with van der Waals surface area (Å²) in [5.41, 5.74) is 2.38. The number of rotatable bonds is 14. The summed E-state index contributed by atoms with van der Waals surface area (Å²) >= 11 is 0. The van der Waals surface area contributed by atoms with Gasteiger partial charge in [-0.1, -0.05) is 88.8 Å². The van der Waals surface area contributed by atoms with Crippen molar-refractivity contribution < 1.29 is 17.9 Å². The molecule has 4 heteroatoms. The molecule has 0 atom stereocenters. The summed E-state index contributed by atoms with van der Waals surface area (Å²) in [5.74, 6) is 0.959. The average Bonchev–Trinajstić information content (AvgIpc) is 2.86. The van der Waals surface area contributed by atoms with Crippen LogP contribution in [0.15, 0.2) is 42.5 Å². The third-order valence-corrected chi connectivity index (χ3v) is 7.62. The summed E-state index contributed by atoms with van der Waals surface area (Å²) in [6.07, 6.45) is 10.9. The molecule has 35 heavy (non-hydrogen) atoms. The van der Waals surface area contributed by atoms with Crippen molar-refractivity contribution in [2.75, 3.05) is 6.61 Å². The fraction of sp³-hybridized carbons (Fsp3) is 0.613. The van der Waals surface area contributed by atoms with Gasteiger partial charge in [0.15, 0.2) is 0 Å². The molecule has 2 aromatic carbocycles. The quantitative estimate of drug-likeness (QED) is 0.240. The fourth-order valence-electron chi connectivity index (χ4n) is 5.32. The first-order valence-corrected chi connectivity index (χ1v) is 13.8. The van der Waals surface area contributed by atoms with Crippen molar-refractivity contribution in [2.24, 2.45) is 5.92 Å². The highest BCUT2D eigenvalue weighted by molar-refractivity contribution is 5.28. The highest BCUT2D eigenvalue weighted by atomic mass is 19.3. The SMILES string of the molecule is CCCCCc1ccc(CCOC(F)(F)c2ccc([C@H]3CC[C@H](CCCCC)CC3)cc2)c(F)c1. The van der Waals surface area contributed by atoms with Crippen molar-refractivity contribution >= 4 is 0 Å². The predicted octanol–water partition coefficient (Wildman–Crippen LogP) is 9.72. The molecule has 0 unspecified atom stereocenters. The summed E-state index contributed by atoms with van der Waals surface area (Å²) in [6.45, 7) is 4.14. The summed E-state index contributed by atoms with van der Waals surface area (Å²) in [5, 5.41) is 0. The second-order valence-corrected chi connectivity index (χ2v) is 10.3. The van der Waals surface area contributed by atoms with E-state index < -0.39 is 6.11 Å². The Kier molecular flexibility index (Phi) is 11.2. The number of unbranched alkanes of at least 4 members (excludes halogenated alkanes) is 4. The molecule has 0 saturated heterocycles. The molecule has 0 radical (unpaired) electrons. The Morgan fingerprint density at radius 3 is 2.17 bits per heavy atom. The Labute approximate surface area is 210 Å². The Hall–Kier alpha value is -1.81. The molecule has 0 heterocycles. The summed E-state index contributed by atoms with van der Waals surface area (Å²) in [4.78, 5) is 0. The van der Waals surface area contributed by atoms with E-state index in [1.165, 1.54) is 56.7 Å². The standard InChI is InChI=1S/C31H43F3O/c1-3-5-7-9-24-11-14-26(15-12-24)27-17-19-29(20-18-27)31(33,34)35-22-21-28-16-13-25(23-30(28)32)10-8-6-4-2/h13,16-20,23-24,26H,3-12,14-15,21-22H2,1-2H3/t24-,26-. The predicted molar refractivity (Wildman–Crippen MR) is 138 cm³/mol. The van der Waals surface area contributed by atoms with Crippen LogP contribution >= 0.6 is 0 Å². The van der Waals surface area contributed by atoms with Gasteiger partial charge in [-0.05, 0) is 79.5 Å². The molecular weight excluding hydrogens is 445 g/mol. The zero-order valence-corrected chi connectivity index (χ0v) is 21.6. The lowest BCUT2D eigenvalue weighted by atomic mass is 9.77. The first-order chi connectivity index (χ1) is 16.9. The van der Waals surface area contributed by atoms with E-state index in [2.05, 4.69) is 13.8 Å². The van der Waals surface area contributed by atoms with E-state index in [-0.39, 0.29) is 24.4 Å². The molecule has 0 spiro atoms. The minimum absolute atomic E-state index is 0.121. The van der Waals surface area contributed by atoms with E-state index in [0.29, 0.717) is 11.5 Å². The number of hydrogen-bond donors (Lipinski definition) is 0. The van der Waals surface area contributed by atoms with Crippen LogP contribution in [0.4, 0.5) is 13.2 Å². The number of halogens is 3. The van der Waals surface area contributed by atoms with E-state index in [9.17, 15) is 13.2 Å². The maximum absolute atomic E-state index is 14.7. The van der Waals surface area contributed by atoms with Gasteiger partial charge in [-0.3, -0.25) is 0 Å². The zero-order valence-electron chi connectivity index (χ0n) is 21.6. The Morgan fingerprint density at radius 1 is 0.829 bits per heavy atom. The van der Waals surface area contributed by atoms with Crippen LogP contribution in [0.1, 0.15) is 113 Å². The lowest BCUT2D eigenvalue weighted by molar-refractivity contribution is -0.248. The van der Waals surface area contributed by atoms with E-state index in [0.717, 1.165) is 55.6 Å². The average molecular weight is 489 g/mol. The minimum Gasteiger partial charge on any atom is -0.316 e. The molecule has 1 fully saturated rings. The molecule has 0 amide bonds. The maximum Gasteiger partial charge on any atom is 0.383 e. The fourth-order valence-corrected chi connectivity index (χ4v) is 5.32. The number of ether oxygens (including phenoxy) is 1. The second-order valence-electron chi connectivity index (χ2n) is 10.3. The molecule has 0 aromatic heterocycles. The molecule has 0 aliphatic heterocycles. The van der Waals surface area contributed by atoms with E-state index >= 15 is 0 Å². The molecule has 0 N–H and O–H groups in total. The molecular formula is C31H43F3O. The Bertz CT molecular complexity index is 869. The van der Waals surface area contributed by atoms with Gasteiger partial charge >= 0.3 is 6.11 Å². The second kappa shape index (κ2) is 14.1. The van der Waals surface area contributed by atoms with Crippen molar-refractivity contribution in [1.29, 1.82) is 0 Å². The molecule has 0 bridgehead atoms. The van der Waals surface area contributed by atoms with Crippen LogP contribution in [0.2, 0.25) is 0 Å². The van der Waals surface area contributed by atoms with Crippen LogP contribution < -0.4 is 0 Å². The number of aryl methyl sites for hydroxylation is 1. The van der Waals surface area contributed by atoms with Gasteiger partial charge in [-0.25, -0.2) is 4.39 Å². The summed E-state index contributed by atoms with van der Waals surface area (Å²) in [7, 11) is 0. The molecule has 1 aliphatic carbocycles. The number of alkyl halides is 2. The normalized spacial score (nSPS) is 18.7. The Balaban J connectivity index is 1.46. The monoisotopic (exact) mass is 488 g/mol. The van der Waals surface area contributed by atoms with E-state index in [4.69, 9.17) is 4.74 Å². The third-order valence-electron chi connectivity index (χ3n) is 7.62. The highest BCUT2D eigenvalue weighted by Gasteiger charge is 2.33. The van der Waals surface area contributed by atoms with Crippen molar-refractivity contribution in [3.05, 3.63) is 70.5 Å². The maximum atomic E-state index is 14.7.